The smallest absolute Gasteiger partial charge is 0.331 e. The fourth-order valence-electron chi connectivity index (χ4n) is 2.33. The minimum atomic E-state index is -0.976. The number of methoxy groups -OCH3 is 3. The number of anilines is 1. The lowest BCUT2D eigenvalue weighted by Crippen LogP contribution is -2.29. The molecule has 0 aliphatic carbocycles. The van der Waals surface area contributed by atoms with Gasteiger partial charge in [-0.2, -0.15) is 0 Å². The lowest BCUT2D eigenvalue weighted by Gasteiger charge is -2.14. The third kappa shape index (κ3) is 5.77. The van der Waals surface area contributed by atoms with E-state index in [2.05, 4.69) is 5.32 Å². The highest BCUT2D eigenvalue weighted by Crippen LogP contribution is 2.29. The highest BCUT2D eigenvalue weighted by molar-refractivity contribution is 5.96. The molecule has 7 heteroatoms. The van der Waals surface area contributed by atoms with Crippen LogP contribution in [0.1, 0.15) is 12.5 Å². The molecule has 1 unspecified atom stereocenters. The quantitative estimate of drug-likeness (QED) is 0.555. The molecule has 7 nitrogen and oxygen atoms in total. The number of rotatable bonds is 8. The zero-order valence-electron chi connectivity index (χ0n) is 16.2. The summed E-state index contributed by atoms with van der Waals surface area (Å²) in [5.74, 6) is 0.611. The van der Waals surface area contributed by atoms with Crippen LogP contribution < -0.4 is 19.5 Å². The summed E-state index contributed by atoms with van der Waals surface area (Å²) >= 11 is 0. The minimum Gasteiger partial charge on any atom is -0.497 e. The number of hydrogen-bond donors (Lipinski definition) is 1. The monoisotopic (exact) mass is 385 g/mol. The Morgan fingerprint density at radius 3 is 2.39 bits per heavy atom. The van der Waals surface area contributed by atoms with E-state index in [1.165, 1.54) is 27.2 Å². The van der Waals surface area contributed by atoms with Crippen LogP contribution in [0.15, 0.2) is 48.5 Å². The largest absolute Gasteiger partial charge is 0.497 e. The van der Waals surface area contributed by atoms with E-state index in [9.17, 15) is 9.59 Å². The fourth-order valence-corrected chi connectivity index (χ4v) is 2.33. The Kier molecular flexibility index (Phi) is 7.45. The molecule has 0 aliphatic heterocycles. The van der Waals surface area contributed by atoms with E-state index in [1.807, 2.05) is 12.1 Å². The standard InChI is InChI=1S/C21H23NO6/c1-14(21(24)22-16-9-10-18(26-3)19(13-16)27-4)28-20(23)11-8-15-6-5-7-17(12-15)25-2/h5-14H,1-4H3,(H,22,24)/b11-8+. The van der Waals surface area contributed by atoms with Crippen molar-refractivity contribution in [1.29, 1.82) is 0 Å². The molecular weight excluding hydrogens is 362 g/mol. The first-order valence-electron chi connectivity index (χ1n) is 8.52. The molecule has 28 heavy (non-hydrogen) atoms. The van der Waals surface area contributed by atoms with E-state index in [4.69, 9.17) is 18.9 Å². The van der Waals surface area contributed by atoms with Crippen molar-refractivity contribution in [3.05, 3.63) is 54.1 Å². The molecule has 0 fully saturated rings. The molecule has 2 aromatic rings. The van der Waals surface area contributed by atoms with Gasteiger partial charge in [-0.1, -0.05) is 12.1 Å². The molecule has 148 valence electrons. The summed E-state index contributed by atoms with van der Waals surface area (Å²) in [4.78, 5) is 24.2. The third-order valence-electron chi connectivity index (χ3n) is 3.82. The normalized spacial score (nSPS) is 11.6. The number of esters is 1. The van der Waals surface area contributed by atoms with Crippen molar-refractivity contribution in [3.8, 4) is 17.2 Å². The summed E-state index contributed by atoms with van der Waals surface area (Å²) in [6.07, 6.45) is 1.87. The Hall–Kier alpha value is -3.48. The fraction of sp³-hybridized carbons (Fsp3) is 0.238. The molecule has 0 aliphatic rings. The second-order valence-electron chi connectivity index (χ2n) is 5.75. The number of benzene rings is 2. The van der Waals surface area contributed by atoms with Gasteiger partial charge in [0.05, 0.1) is 21.3 Å². The van der Waals surface area contributed by atoms with Gasteiger partial charge in [0.15, 0.2) is 17.6 Å². The van der Waals surface area contributed by atoms with Crippen molar-refractivity contribution in [2.24, 2.45) is 0 Å². The SMILES string of the molecule is COc1cccc(/C=C/C(=O)OC(C)C(=O)Nc2ccc(OC)c(OC)c2)c1. The van der Waals surface area contributed by atoms with Gasteiger partial charge in [0.25, 0.3) is 5.91 Å². The molecule has 0 bridgehead atoms. The molecule has 1 atom stereocenters. The van der Waals surface area contributed by atoms with Gasteiger partial charge in [-0.05, 0) is 42.8 Å². The van der Waals surface area contributed by atoms with E-state index in [0.29, 0.717) is 22.9 Å². The molecule has 0 radical (unpaired) electrons. The highest BCUT2D eigenvalue weighted by atomic mass is 16.5. The lowest BCUT2D eigenvalue weighted by atomic mass is 10.2. The van der Waals surface area contributed by atoms with Crippen LogP contribution in [-0.2, 0) is 14.3 Å². The molecular formula is C21H23NO6. The van der Waals surface area contributed by atoms with Gasteiger partial charge in [0.1, 0.15) is 5.75 Å². The second kappa shape index (κ2) is 10.0. The molecule has 0 saturated carbocycles. The average molecular weight is 385 g/mol. The van der Waals surface area contributed by atoms with Crippen LogP contribution in [-0.4, -0.2) is 39.3 Å². The summed E-state index contributed by atoms with van der Waals surface area (Å²) in [7, 11) is 4.59. The Labute approximate surface area is 163 Å². The lowest BCUT2D eigenvalue weighted by molar-refractivity contribution is -0.148. The summed E-state index contributed by atoms with van der Waals surface area (Å²) < 4.78 is 20.6. The predicted octanol–water partition coefficient (Wildman–Crippen LogP) is 3.30. The van der Waals surface area contributed by atoms with Crippen molar-refractivity contribution in [2.45, 2.75) is 13.0 Å². The maximum Gasteiger partial charge on any atom is 0.331 e. The van der Waals surface area contributed by atoms with Crippen LogP contribution in [0, 0.1) is 0 Å². The van der Waals surface area contributed by atoms with Crippen LogP contribution in [0.25, 0.3) is 6.08 Å². The van der Waals surface area contributed by atoms with Crippen molar-refractivity contribution in [2.75, 3.05) is 26.6 Å². The molecule has 2 rings (SSSR count). The number of nitrogens with one attached hydrogen (secondary N) is 1. The Bertz CT molecular complexity index is 862. The Morgan fingerprint density at radius 2 is 1.71 bits per heavy atom. The maximum absolute atomic E-state index is 12.3. The molecule has 2 aromatic carbocycles. The molecule has 1 N–H and O–H groups in total. The first-order chi connectivity index (χ1) is 13.5. The van der Waals surface area contributed by atoms with E-state index < -0.39 is 18.0 Å². The molecule has 0 spiro atoms. The summed E-state index contributed by atoms with van der Waals surface area (Å²) in [6, 6.07) is 12.2. The number of hydrogen-bond acceptors (Lipinski definition) is 6. The van der Waals surface area contributed by atoms with Crippen LogP contribution in [0.3, 0.4) is 0 Å². The summed E-state index contributed by atoms with van der Waals surface area (Å²) in [6.45, 7) is 1.49. The van der Waals surface area contributed by atoms with E-state index in [1.54, 1.807) is 43.5 Å². The number of carbonyl (C=O) groups is 2. The third-order valence-corrected chi connectivity index (χ3v) is 3.82. The average Bonchev–Trinajstić information content (AvgIpc) is 2.72. The van der Waals surface area contributed by atoms with Crippen molar-refractivity contribution >= 4 is 23.6 Å². The highest BCUT2D eigenvalue weighted by Gasteiger charge is 2.17. The molecule has 0 heterocycles. The minimum absolute atomic E-state index is 0.463. The van der Waals surface area contributed by atoms with Crippen molar-refractivity contribution in [1.82, 2.24) is 0 Å². The van der Waals surface area contributed by atoms with Crippen LogP contribution in [0.2, 0.25) is 0 Å². The van der Waals surface area contributed by atoms with Gasteiger partial charge in [-0.3, -0.25) is 4.79 Å². The van der Waals surface area contributed by atoms with Crippen LogP contribution in [0.4, 0.5) is 5.69 Å². The van der Waals surface area contributed by atoms with Gasteiger partial charge < -0.3 is 24.3 Å². The number of carbonyl (C=O) groups excluding carboxylic acids is 2. The van der Waals surface area contributed by atoms with Gasteiger partial charge in [-0.25, -0.2) is 4.79 Å². The van der Waals surface area contributed by atoms with Crippen molar-refractivity contribution < 1.29 is 28.5 Å². The summed E-state index contributed by atoms with van der Waals surface area (Å²) in [5, 5.41) is 2.67. The first kappa shape index (κ1) is 20.8. The first-order valence-corrected chi connectivity index (χ1v) is 8.52. The number of ether oxygens (including phenoxy) is 4. The zero-order chi connectivity index (χ0) is 20.5. The van der Waals surface area contributed by atoms with Gasteiger partial charge in [0.2, 0.25) is 0 Å². The molecule has 0 aromatic heterocycles. The van der Waals surface area contributed by atoms with E-state index in [0.717, 1.165) is 5.56 Å². The van der Waals surface area contributed by atoms with Gasteiger partial charge in [0, 0.05) is 17.8 Å². The topological polar surface area (TPSA) is 83.1 Å². The number of amides is 1. The predicted molar refractivity (Wildman–Crippen MR) is 106 cm³/mol. The van der Waals surface area contributed by atoms with Crippen LogP contribution >= 0.6 is 0 Å². The maximum atomic E-state index is 12.3. The molecule has 1 amide bonds. The second-order valence-corrected chi connectivity index (χ2v) is 5.75. The van der Waals surface area contributed by atoms with Crippen LogP contribution in [0.5, 0.6) is 17.2 Å². The molecule has 0 saturated heterocycles. The van der Waals surface area contributed by atoms with Gasteiger partial charge in [-0.15, -0.1) is 0 Å². The van der Waals surface area contributed by atoms with Crippen molar-refractivity contribution in [3.63, 3.8) is 0 Å². The Morgan fingerprint density at radius 1 is 0.964 bits per heavy atom. The van der Waals surface area contributed by atoms with E-state index >= 15 is 0 Å². The summed E-state index contributed by atoms with van der Waals surface area (Å²) in [5.41, 5.74) is 1.27. The van der Waals surface area contributed by atoms with Gasteiger partial charge >= 0.3 is 5.97 Å². The Balaban J connectivity index is 1.94. The van der Waals surface area contributed by atoms with E-state index in [-0.39, 0.29) is 0 Å². The zero-order valence-corrected chi connectivity index (χ0v) is 16.2.